The van der Waals surface area contributed by atoms with Crippen molar-refractivity contribution in [1.82, 2.24) is 4.57 Å². The molecule has 0 saturated carbocycles. The Hall–Kier alpha value is -4.29. The van der Waals surface area contributed by atoms with Gasteiger partial charge in [0.15, 0.2) is 0 Å². The van der Waals surface area contributed by atoms with Crippen LogP contribution in [0.2, 0.25) is 0 Å². The lowest BCUT2D eigenvalue weighted by Crippen LogP contribution is -2.12. The van der Waals surface area contributed by atoms with Gasteiger partial charge in [-0.1, -0.05) is 72.4 Å². The van der Waals surface area contributed by atoms with Gasteiger partial charge in [-0.25, -0.2) is 9.79 Å². The summed E-state index contributed by atoms with van der Waals surface area (Å²) in [5.41, 5.74) is 7.23. The lowest BCUT2D eigenvalue weighted by molar-refractivity contribution is -0.138. The molecule has 3 aromatic carbocycles. The van der Waals surface area contributed by atoms with E-state index in [4.69, 9.17) is 4.74 Å². The number of esters is 1. The van der Waals surface area contributed by atoms with Crippen LogP contribution in [-0.2, 0) is 9.53 Å². The number of benzene rings is 3. The number of rotatable bonds is 6. The number of aliphatic imine (C=N–C) groups is 1. The number of carbonyl (C=O) groups excluding carboxylic acids is 1. The molecule has 1 N–H and O–H groups in total. The molecule has 190 valence electrons. The Morgan fingerprint density at radius 3 is 2.24 bits per heavy atom. The van der Waals surface area contributed by atoms with E-state index in [9.17, 15) is 9.90 Å². The molecule has 6 heteroatoms. The molecule has 0 fully saturated rings. The summed E-state index contributed by atoms with van der Waals surface area (Å²) in [4.78, 5) is 17.9. The smallest absolute Gasteiger partial charge is 0.344 e. The van der Waals surface area contributed by atoms with Gasteiger partial charge in [-0.2, -0.15) is 0 Å². The van der Waals surface area contributed by atoms with E-state index in [1.54, 1.807) is 6.92 Å². The molecule has 1 aliphatic heterocycles. The van der Waals surface area contributed by atoms with Crippen molar-refractivity contribution in [1.29, 1.82) is 0 Å². The lowest BCUT2D eigenvalue weighted by atomic mass is 10.1. The molecule has 0 atom stereocenters. The van der Waals surface area contributed by atoms with Gasteiger partial charge in [0.2, 0.25) is 0 Å². The minimum absolute atomic E-state index is 0.0947. The maximum Gasteiger partial charge on any atom is 0.344 e. The fourth-order valence-corrected chi connectivity index (χ4v) is 5.54. The van der Waals surface area contributed by atoms with E-state index in [2.05, 4.69) is 65.9 Å². The third-order valence-electron chi connectivity index (χ3n) is 6.35. The van der Waals surface area contributed by atoms with E-state index >= 15 is 0 Å². The van der Waals surface area contributed by atoms with Gasteiger partial charge in [0, 0.05) is 17.1 Å². The standard InChI is InChI=1S/C32H28N2O3S/c1-4-37-32(36)29-30(35)28(38-31(29)33-26-13-9-6-10-14-26)20-25-19-21(2)34(22(25)3)27-17-15-24(16-18-27)23-11-7-5-8-12-23/h5-20,35H,4H2,1-3H3/b28-20-,33-31?. The van der Waals surface area contributed by atoms with E-state index in [1.807, 2.05) is 54.6 Å². The first-order chi connectivity index (χ1) is 18.5. The second-order valence-electron chi connectivity index (χ2n) is 8.88. The summed E-state index contributed by atoms with van der Waals surface area (Å²) in [7, 11) is 0. The molecule has 38 heavy (non-hydrogen) atoms. The van der Waals surface area contributed by atoms with Gasteiger partial charge < -0.3 is 14.4 Å². The first-order valence-electron chi connectivity index (χ1n) is 12.5. The molecule has 0 saturated heterocycles. The normalized spacial score (nSPS) is 15.4. The van der Waals surface area contributed by atoms with E-state index in [-0.39, 0.29) is 17.9 Å². The van der Waals surface area contributed by atoms with Crippen LogP contribution < -0.4 is 0 Å². The summed E-state index contributed by atoms with van der Waals surface area (Å²) in [5, 5.41) is 11.5. The number of aryl methyl sites for hydroxylation is 1. The number of ether oxygens (including phenoxy) is 1. The first kappa shape index (κ1) is 25.4. The number of hydrogen-bond acceptors (Lipinski definition) is 5. The van der Waals surface area contributed by atoms with Crippen LogP contribution in [0, 0.1) is 13.8 Å². The zero-order valence-corrected chi connectivity index (χ0v) is 22.3. The van der Waals surface area contributed by atoms with Gasteiger partial charge in [0.05, 0.1) is 17.2 Å². The minimum atomic E-state index is -0.584. The number of thioether (sulfide) groups is 1. The summed E-state index contributed by atoms with van der Waals surface area (Å²) in [6.07, 6.45) is 1.91. The number of para-hydroxylation sites is 1. The largest absolute Gasteiger partial charge is 0.506 e. The number of nitrogens with zero attached hydrogens (tertiary/aromatic N) is 2. The molecule has 4 aromatic rings. The van der Waals surface area contributed by atoms with Crippen molar-refractivity contribution in [3.8, 4) is 16.8 Å². The molecular formula is C32H28N2O3S. The van der Waals surface area contributed by atoms with Crippen LogP contribution in [0.5, 0.6) is 0 Å². The number of aliphatic hydroxyl groups is 1. The fourth-order valence-electron chi connectivity index (χ4n) is 4.52. The molecule has 0 radical (unpaired) electrons. The van der Waals surface area contributed by atoms with Crippen LogP contribution in [0.25, 0.3) is 22.9 Å². The molecule has 5 rings (SSSR count). The van der Waals surface area contributed by atoms with Crippen LogP contribution >= 0.6 is 11.8 Å². The molecule has 0 unspecified atom stereocenters. The maximum atomic E-state index is 12.7. The van der Waals surface area contributed by atoms with Gasteiger partial charge in [-0.3, -0.25) is 0 Å². The Balaban J connectivity index is 1.50. The molecule has 0 aliphatic carbocycles. The van der Waals surface area contributed by atoms with Crippen LogP contribution in [0.3, 0.4) is 0 Å². The monoisotopic (exact) mass is 520 g/mol. The summed E-state index contributed by atoms with van der Waals surface area (Å²) < 4.78 is 7.41. The van der Waals surface area contributed by atoms with Crippen LogP contribution in [-0.4, -0.2) is 27.3 Å². The van der Waals surface area contributed by atoms with Crippen LogP contribution in [0.1, 0.15) is 23.9 Å². The van der Waals surface area contributed by atoms with Gasteiger partial charge in [0.25, 0.3) is 0 Å². The van der Waals surface area contributed by atoms with E-state index < -0.39 is 5.97 Å². The Labute approximate surface area is 226 Å². The van der Waals surface area contributed by atoms with E-state index in [1.165, 1.54) is 17.3 Å². The maximum absolute atomic E-state index is 12.7. The number of aromatic nitrogens is 1. The zero-order chi connectivity index (χ0) is 26.6. The van der Waals surface area contributed by atoms with Crippen LogP contribution in [0.15, 0.2) is 112 Å². The molecule has 1 aromatic heterocycles. The third-order valence-corrected chi connectivity index (χ3v) is 7.37. The quantitative estimate of drug-likeness (QED) is 0.262. The summed E-state index contributed by atoms with van der Waals surface area (Å²) in [5.74, 6) is -0.695. The average molecular weight is 521 g/mol. The van der Waals surface area contributed by atoms with Crippen molar-refractivity contribution in [2.75, 3.05) is 6.61 Å². The van der Waals surface area contributed by atoms with E-state index in [0.29, 0.717) is 15.6 Å². The molecule has 0 spiro atoms. The first-order valence-corrected chi connectivity index (χ1v) is 13.3. The second kappa shape index (κ2) is 11.0. The van der Waals surface area contributed by atoms with Crippen molar-refractivity contribution < 1.29 is 14.6 Å². The number of hydrogen-bond donors (Lipinski definition) is 1. The average Bonchev–Trinajstić information content (AvgIpc) is 3.39. The van der Waals surface area contributed by atoms with Crippen molar-refractivity contribution >= 4 is 34.5 Å². The Kier molecular flexibility index (Phi) is 7.33. The summed E-state index contributed by atoms with van der Waals surface area (Å²) >= 11 is 1.27. The summed E-state index contributed by atoms with van der Waals surface area (Å²) in [6.45, 7) is 6.06. The Morgan fingerprint density at radius 1 is 0.947 bits per heavy atom. The van der Waals surface area contributed by atoms with Crippen molar-refractivity contribution in [3.05, 3.63) is 124 Å². The molecule has 1 aliphatic rings. The highest BCUT2D eigenvalue weighted by Crippen LogP contribution is 2.41. The molecular weight excluding hydrogens is 492 g/mol. The van der Waals surface area contributed by atoms with Gasteiger partial charge in [-0.05, 0) is 73.9 Å². The van der Waals surface area contributed by atoms with Gasteiger partial charge >= 0.3 is 5.97 Å². The van der Waals surface area contributed by atoms with Gasteiger partial charge in [-0.15, -0.1) is 0 Å². The molecule has 5 nitrogen and oxygen atoms in total. The highest BCUT2D eigenvalue weighted by atomic mass is 32.2. The Morgan fingerprint density at radius 2 is 1.58 bits per heavy atom. The van der Waals surface area contributed by atoms with Crippen molar-refractivity contribution in [3.63, 3.8) is 0 Å². The molecule has 0 bridgehead atoms. The van der Waals surface area contributed by atoms with Crippen molar-refractivity contribution in [2.45, 2.75) is 20.8 Å². The highest BCUT2D eigenvalue weighted by Gasteiger charge is 2.33. The topological polar surface area (TPSA) is 63.8 Å². The molecule has 0 amide bonds. The number of aliphatic hydroxyl groups excluding tert-OH is 1. The third kappa shape index (κ3) is 5.08. The second-order valence-corrected chi connectivity index (χ2v) is 9.91. The highest BCUT2D eigenvalue weighted by molar-refractivity contribution is 8.18. The minimum Gasteiger partial charge on any atom is -0.506 e. The van der Waals surface area contributed by atoms with E-state index in [0.717, 1.165) is 28.2 Å². The fraction of sp³-hybridized carbons (Fsp3) is 0.125. The summed E-state index contributed by atoms with van der Waals surface area (Å²) in [6, 6.07) is 30.2. The predicted molar refractivity (Wildman–Crippen MR) is 156 cm³/mol. The number of carbonyl (C=O) groups is 1. The van der Waals surface area contributed by atoms with Crippen molar-refractivity contribution in [2.24, 2.45) is 4.99 Å². The lowest BCUT2D eigenvalue weighted by Gasteiger charge is -2.11. The zero-order valence-electron chi connectivity index (χ0n) is 21.5. The predicted octanol–water partition coefficient (Wildman–Crippen LogP) is 7.95. The SMILES string of the molecule is CCOC(=O)C1=C(O)/C(=C/c2cc(C)n(-c3ccc(-c4ccccc4)cc3)c2C)SC1=Nc1ccccc1. The van der Waals surface area contributed by atoms with Crippen LogP contribution in [0.4, 0.5) is 5.69 Å². The van der Waals surface area contributed by atoms with Gasteiger partial charge in [0.1, 0.15) is 16.4 Å². The molecule has 2 heterocycles. The Bertz CT molecular complexity index is 1560.